The van der Waals surface area contributed by atoms with E-state index < -0.39 is 18.1 Å². The Bertz CT molecular complexity index is 218. The van der Waals surface area contributed by atoms with Crippen LogP contribution in [0.4, 0.5) is 0 Å². The lowest BCUT2D eigenvalue weighted by Gasteiger charge is -2.27. The van der Waals surface area contributed by atoms with E-state index in [4.69, 9.17) is 33.6 Å². The quantitative estimate of drug-likeness (QED) is 0.414. The summed E-state index contributed by atoms with van der Waals surface area (Å²) in [5, 5.41) is 0. The van der Waals surface area contributed by atoms with Crippen molar-refractivity contribution in [2.45, 2.75) is 53.1 Å². The summed E-state index contributed by atoms with van der Waals surface area (Å²) in [4.78, 5) is 0. The van der Waals surface area contributed by atoms with Crippen molar-refractivity contribution in [3.05, 3.63) is 0 Å². The lowest BCUT2D eigenvalue weighted by molar-refractivity contribution is 0.0719. The molecule has 24 heavy (non-hydrogen) atoms. The van der Waals surface area contributed by atoms with E-state index in [9.17, 15) is 0 Å². The van der Waals surface area contributed by atoms with Crippen LogP contribution in [0.5, 0.6) is 0 Å². The minimum Gasteiger partial charge on any atom is -0.397 e. The summed E-state index contributed by atoms with van der Waals surface area (Å²) in [6.45, 7) is 14.5. The fourth-order valence-corrected chi connectivity index (χ4v) is 6.15. The molecule has 0 rings (SSSR count). The second-order valence-corrected chi connectivity index (χ2v) is 9.63. The molecule has 0 spiro atoms. The fraction of sp³-hybridized carbons (Fsp3) is 1.00. The summed E-state index contributed by atoms with van der Waals surface area (Å²) in [7, 11) is -3.75. The number of hydrogen-bond donors (Lipinski definition) is 2. The van der Waals surface area contributed by atoms with Gasteiger partial charge in [-0.25, -0.2) is 0 Å². The van der Waals surface area contributed by atoms with Crippen molar-refractivity contribution in [1.82, 2.24) is 0 Å². The molecule has 0 saturated heterocycles. The number of rotatable bonds is 15. The zero-order valence-corrected chi connectivity index (χ0v) is 18.5. The zero-order valence-electron chi connectivity index (χ0n) is 16.3. The van der Waals surface area contributed by atoms with Crippen LogP contribution in [0, 0.1) is 0 Å². The van der Waals surface area contributed by atoms with Crippen LogP contribution in [-0.2, 0) is 22.1 Å². The molecule has 7 nitrogen and oxygen atoms in total. The molecule has 0 heterocycles. The van der Waals surface area contributed by atoms with Gasteiger partial charge in [0.15, 0.2) is 0 Å². The predicted molar refractivity (Wildman–Crippen MR) is 103 cm³/mol. The standard InChI is InChI=1S/C8H21NO3Si.C7H19NO2Si/c1-4-10-13(8-7-9,11-5-2)12-6-3;1-3-9-11(10-4-2)7-5-6-8/h4-9H2,1-3H3;11H,3-8H2,1-2H3. The molecule has 9 heteroatoms. The fourth-order valence-electron chi connectivity index (χ4n) is 2.05. The predicted octanol–water partition coefficient (Wildman–Crippen LogP) is 1.62. The maximum absolute atomic E-state index is 5.57. The van der Waals surface area contributed by atoms with E-state index in [1.807, 2.05) is 34.6 Å². The summed E-state index contributed by atoms with van der Waals surface area (Å²) < 4.78 is 27.6. The molecule has 0 radical (unpaired) electrons. The first-order valence-electron chi connectivity index (χ1n) is 9.14. The molecule has 0 unspecified atom stereocenters. The Hall–Kier alpha value is 0.154. The van der Waals surface area contributed by atoms with Crippen LogP contribution in [-0.4, -0.2) is 64.2 Å². The molecule has 4 N–H and O–H groups in total. The minimum atomic E-state index is -2.42. The van der Waals surface area contributed by atoms with Crippen LogP contribution in [0.1, 0.15) is 41.0 Å². The van der Waals surface area contributed by atoms with E-state index in [0.29, 0.717) is 32.4 Å². The van der Waals surface area contributed by atoms with E-state index in [-0.39, 0.29) is 0 Å². The molecule has 0 aliphatic rings. The third-order valence-electron chi connectivity index (χ3n) is 2.89. The first kappa shape index (κ1) is 26.4. The SMILES string of the molecule is CCO[SiH](CCCN)OCC.CCO[Si](CCN)(OCC)OCC. The molecule has 0 saturated carbocycles. The Kier molecular flexibility index (Phi) is 21.4. The first-order chi connectivity index (χ1) is 11.6. The molecule has 0 atom stereocenters. The smallest absolute Gasteiger partial charge is 0.397 e. The zero-order chi connectivity index (χ0) is 18.7. The molecule has 0 fully saturated rings. The van der Waals surface area contributed by atoms with Gasteiger partial charge in [-0.05, 0) is 60.2 Å². The van der Waals surface area contributed by atoms with Crippen LogP contribution in [0.3, 0.4) is 0 Å². The Morgan fingerprint density at radius 3 is 1.46 bits per heavy atom. The average molecular weight is 385 g/mol. The largest absolute Gasteiger partial charge is 0.502 e. The van der Waals surface area contributed by atoms with E-state index in [0.717, 1.165) is 32.2 Å². The monoisotopic (exact) mass is 384 g/mol. The van der Waals surface area contributed by atoms with Crippen LogP contribution >= 0.6 is 0 Å². The van der Waals surface area contributed by atoms with Gasteiger partial charge in [-0.15, -0.1) is 0 Å². The van der Waals surface area contributed by atoms with E-state index in [1.54, 1.807) is 0 Å². The van der Waals surface area contributed by atoms with Gasteiger partial charge in [0, 0.05) is 39.1 Å². The van der Waals surface area contributed by atoms with Crippen molar-refractivity contribution in [3.63, 3.8) is 0 Å². The summed E-state index contributed by atoms with van der Waals surface area (Å²) in [6, 6.07) is 1.74. The van der Waals surface area contributed by atoms with Gasteiger partial charge in [-0.1, -0.05) is 0 Å². The van der Waals surface area contributed by atoms with Crippen molar-refractivity contribution >= 4 is 18.1 Å². The molecule has 148 valence electrons. The van der Waals surface area contributed by atoms with Gasteiger partial charge in [0.1, 0.15) is 0 Å². The highest BCUT2D eigenvalue weighted by Gasteiger charge is 2.39. The van der Waals surface area contributed by atoms with Crippen molar-refractivity contribution in [1.29, 1.82) is 0 Å². The van der Waals surface area contributed by atoms with Gasteiger partial charge in [-0.3, -0.25) is 0 Å². The normalized spacial score (nSPS) is 11.5. The average Bonchev–Trinajstić information content (AvgIpc) is 2.55. The molecule has 0 aromatic heterocycles. The van der Waals surface area contributed by atoms with Crippen LogP contribution < -0.4 is 11.5 Å². The van der Waals surface area contributed by atoms with Gasteiger partial charge in [0.25, 0.3) is 0 Å². The molecule has 0 amide bonds. The van der Waals surface area contributed by atoms with Gasteiger partial charge in [-0.2, -0.15) is 0 Å². The van der Waals surface area contributed by atoms with E-state index in [2.05, 4.69) is 0 Å². The molecular formula is C15H40N2O5Si2. The lowest BCUT2D eigenvalue weighted by Crippen LogP contribution is -2.47. The maximum atomic E-state index is 5.57. The number of hydrogen-bond acceptors (Lipinski definition) is 7. The second-order valence-electron chi connectivity index (χ2n) is 4.79. The Balaban J connectivity index is 0. The van der Waals surface area contributed by atoms with Crippen LogP contribution in [0.25, 0.3) is 0 Å². The van der Waals surface area contributed by atoms with Crippen LogP contribution in [0.15, 0.2) is 0 Å². The highest BCUT2D eigenvalue weighted by molar-refractivity contribution is 6.60. The Morgan fingerprint density at radius 1 is 0.708 bits per heavy atom. The molecular weight excluding hydrogens is 344 g/mol. The summed E-state index contributed by atoms with van der Waals surface area (Å²) in [6.07, 6.45) is 1.02. The molecule has 0 aromatic rings. The summed E-state index contributed by atoms with van der Waals surface area (Å²) >= 11 is 0. The Morgan fingerprint density at radius 2 is 1.17 bits per heavy atom. The topological polar surface area (TPSA) is 98.2 Å². The second kappa shape index (κ2) is 19.5. The molecule has 0 bridgehead atoms. The van der Waals surface area contributed by atoms with Crippen molar-refractivity contribution in [2.75, 3.05) is 46.1 Å². The first-order valence-corrected chi connectivity index (χ1v) is 12.8. The number of nitrogens with two attached hydrogens (primary N) is 2. The third kappa shape index (κ3) is 14.5. The minimum absolute atomic E-state index is 0.548. The van der Waals surface area contributed by atoms with Gasteiger partial charge in [0.2, 0.25) is 0 Å². The van der Waals surface area contributed by atoms with Gasteiger partial charge >= 0.3 is 18.1 Å². The molecule has 0 aliphatic heterocycles. The van der Waals surface area contributed by atoms with Crippen molar-refractivity contribution in [3.8, 4) is 0 Å². The lowest BCUT2D eigenvalue weighted by atomic mass is 10.5. The third-order valence-corrected chi connectivity index (χ3v) is 8.27. The van der Waals surface area contributed by atoms with E-state index in [1.165, 1.54) is 0 Å². The van der Waals surface area contributed by atoms with Crippen molar-refractivity contribution < 1.29 is 22.1 Å². The van der Waals surface area contributed by atoms with Crippen molar-refractivity contribution in [2.24, 2.45) is 11.5 Å². The van der Waals surface area contributed by atoms with Gasteiger partial charge in [0.05, 0.1) is 0 Å². The highest BCUT2D eigenvalue weighted by Crippen LogP contribution is 2.14. The highest BCUT2D eigenvalue weighted by atomic mass is 28.4. The van der Waals surface area contributed by atoms with E-state index >= 15 is 0 Å². The maximum Gasteiger partial charge on any atom is 0.502 e. The Labute approximate surface area is 151 Å². The molecule has 0 aliphatic carbocycles. The van der Waals surface area contributed by atoms with Gasteiger partial charge < -0.3 is 33.6 Å². The summed E-state index contributed by atoms with van der Waals surface area (Å²) in [5.41, 5.74) is 10.9. The molecule has 0 aromatic carbocycles. The summed E-state index contributed by atoms with van der Waals surface area (Å²) in [5.74, 6) is 0. The van der Waals surface area contributed by atoms with Crippen LogP contribution in [0.2, 0.25) is 12.1 Å².